The molecule has 0 N–H and O–H groups in total. The van der Waals surface area contributed by atoms with Crippen molar-refractivity contribution in [3.05, 3.63) is 0 Å². The highest BCUT2D eigenvalue weighted by Gasteiger charge is 2.36. The van der Waals surface area contributed by atoms with Crippen molar-refractivity contribution in [1.29, 1.82) is 0 Å². The highest BCUT2D eigenvalue weighted by molar-refractivity contribution is 9.12. The van der Waals surface area contributed by atoms with Crippen molar-refractivity contribution in [2.45, 2.75) is 69.7 Å². The minimum Gasteiger partial charge on any atom is -0.450 e. The molecule has 0 spiro atoms. The molecular formula is C15H26Br2O2. The van der Waals surface area contributed by atoms with Gasteiger partial charge in [-0.25, -0.2) is 0 Å². The Morgan fingerprint density at radius 3 is 2.58 bits per heavy atom. The quantitative estimate of drug-likeness (QED) is 0.264. The summed E-state index contributed by atoms with van der Waals surface area (Å²) in [6.45, 7) is 2.25. The predicted molar refractivity (Wildman–Crippen MR) is 86.8 cm³/mol. The zero-order valence-electron chi connectivity index (χ0n) is 11.9. The highest BCUT2D eigenvalue weighted by Crippen LogP contribution is 2.45. The molecule has 0 heterocycles. The Bertz CT molecular complexity index is 259. The van der Waals surface area contributed by atoms with E-state index in [0.29, 0.717) is 11.8 Å². The Hall–Kier alpha value is 0.430. The largest absolute Gasteiger partial charge is 0.450 e. The van der Waals surface area contributed by atoms with Gasteiger partial charge in [0.05, 0.1) is 5.33 Å². The normalized spacial score (nSPS) is 23.1. The minimum absolute atomic E-state index is 0.0741. The van der Waals surface area contributed by atoms with Gasteiger partial charge in [-0.05, 0) is 40.6 Å². The third kappa shape index (κ3) is 8.34. The molecule has 0 aliphatic heterocycles. The summed E-state index contributed by atoms with van der Waals surface area (Å²) < 4.78 is 5.17. The minimum atomic E-state index is -0.187. The van der Waals surface area contributed by atoms with E-state index in [2.05, 4.69) is 38.8 Å². The van der Waals surface area contributed by atoms with Crippen molar-refractivity contribution < 1.29 is 9.53 Å². The van der Waals surface area contributed by atoms with E-state index in [9.17, 15) is 4.79 Å². The third-order valence-electron chi connectivity index (χ3n) is 3.85. The standard InChI is InChI=1S/C15H26Br2O2/c1-2-3-4-5-6-7-12-10-13(12)8-9-15(18)19-14(17)11-16/h12-14H,2-11H2,1H3/t12-,13-,14?/m0/s1. The van der Waals surface area contributed by atoms with Gasteiger partial charge < -0.3 is 4.74 Å². The molecule has 1 aliphatic carbocycles. The first-order valence-corrected chi connectivity index (χ1v) is 9.60. The number of carbonyl (C=O) groups excluding carboxylic acids is 1. The van der Waals surface area contributed by atoms with Gasteiger partial charge in [0, 0.05) is 6.42 Å². The lowest BCUT2D eigenvalue weighted by molar-refractivity contribution is -0.144. The number of carbonyl (C=O) groups is 1. The summed E-state index contributed by atoms with van der Waals surface area (Å²) in [7, 11) is 0. The molecular weight excluding hydrogens is 372 g/mol. The van der Waals surface area contributed by atoms with E-state index >= 15 is 0 Å². The number of hydrogen-bond acceptors (Lipinski definition) is 2. The molecule has 1 saturated carbocycles. The third-order valence-corrected chi connectivity index (χ3v) is 5.81. The van der Waals surface area contributed by atoms with Crippen LogP contribution >= 0.6 is 31.9 Å². The van der Waals surface area contributed by atoms with Crippen LogP contribution in [-0.2, 0) is 9.53 Å². The van der Waals surface area contributed by atoms with Crippen LogP contribution in [0.5, 0.6) is 0 Å². The van der Waals surface area contributed by atoms with Crippen molar-refractivity contribution in [2.75, 3.05) is 5.33 Å². The van der Waals surface area contributed by atoms with E-state index in [-0.39, 0.29) is 11.0 Å². The van der Waals surface area contributed by atoms with Crippen LogP contribution in [-0.4, -0.2) is 16.3 Å². The summed E-state index contributed by atoms with van der Waals surface area (Å²) in [6, 6.07) is 0. The van der Waals surface area contributed by atoms with Gasteiger partial charge in [0.2, 0.25) is 0 Å². The van der Waals surface area contributed by atoms with Crippen LogP contribution < -0.4 is 0 Å². The number of alkyl halides is 2. The Morgan fingerprint density at radius 2 is 1.89 bits per heavy atom. The summed E-state index contributed by atoms with van der Waals surface area (Å²) in [5.41, 5.74) is 0. The fourth-order valence-corrected chi connectivity index (χ4v) is 2.90. The smallest absolute Gasteiger partial charge is 0.306 e. The van der Waals surface area contributed by atoms with Crippen LogP contribution in [0.3, 0.4) is 0 Å². The first kappa shape index (κ1) is 17.5. The Morgan fingerprint density at radius 1 is 1.21 bits per heavy atom. The SMILES string of the molecule is CCCCCCC[C@H]1C[C@@H]1CCC(=O)OC(Br)CBr. The van der Waals surface area contributed by atoms with E-state index in [0.717, 1.165) is 18.3 Å². The number of ether oxygens (including phenoxy) is 1. The lowest BCUT2D eigenvalue weighted by Crippen LogP contribution is -2.13. The monoisotopic (exact) mass is 396 g/mol. The summed E-state index contributed by atoms with van der Waals surface area (Å²) >= 11 is 6.54. The number of esters is 1. The Kier molecular flexibility index (Phi) is 9.38. The second-order valence-corrected chi connectivity index (χ2v) is 7.22. The van der Waals surface area contributed by atoms with E-state index in [4.69, 9.17) is 4.74 Å². The molecule has 3 atom stereocenters. The van der Waals surface area contributed by atoms with E-state index in [1.165, 1.54) is 44.9 Å². The lowest BCUT2D eigenvalue weighted by Gasteiger charge is -2.08. The molecule has 1 fully saturated rings. The fourth-order valence-electron chi connectivity index (χ4n) is 2.56. The fraction of sp³-hybridized carbons (Fsp3) is 0.933. The van der Waals surface area contributed by atoms with E-state index in [1.54, 1.807) is 0 Å². The first-order chi connectivity index (χ1) is 9.17. The number of hydrogen-bond donors (Lipinski definition) is 0. The maximum atomic E-state index is 11.5. The van der Waals surface area contributed by atoms with Crippen molar-refractivity contribution in [1.82, 2.24) is 0 Å². The molecule has 19 heavy (non-hydrogen) atoms. The van der Waals surface area contributed by atoms with Gasteiger partial charge in [0.15, 0.2) is 5.01 Å². The first-order valence-electron chi connectivity index (χ1n) is 7.56. The predicted octanol–water partition coefficient (Wildman–Crippen LogP) is 5.42. The molecule has 2 nitrogen and oxygen atoms in total. The molecule has 0 aromatic heterocycles. The summed E-state index contributed by atoms with van der Waals surface area (Å²) in [4.78, 5) is 11.5. The molecule has 1 rings (SSSR count). The summed E-state index contributed by atoms with van der Waals surface area (Å²) in [6.07, 6.45) is 11.1. The topological polar surface area (TPSA) is 26.3 Å². The Labute approximate surface area is 134 Å². The molecule has 0 aromatic rings. The van der Waals surface area contributed by atoms with Gasteiger partial charge in [-0.2, -0.15) is 0 Å². The molecule has 0 saturated heterocycles. The average molecular weight is 398 g/mol. The maximum absolute atomic E-state index is 11.5. The van der Waals surface area contributed by atoms with Crippen LogP contribution in [0.1, 0.15) is 64.7 Å². The molecule has 0 bridgehead atoms. The molecule has 0 aromatic carbocycles. The lowest BCUT2D eigenvalue weighted by atomic mass is 10.1. The van der Waals surface area contributed by atoms with Crippen molar-refractivity contribution >= 4 is 37.8 Å². The van der Waals surface area contributed by atoms with Gasteiger partial charge in [-0.1, -0.05) is 61.4 Å². The maximum Gasteiger partial charge on any atom is 0.306 e. The van der Waals surface area contributed by atoms with Gasteiger partial charge in [0.25, 0.3) is 0 Å². The summed E-state index contributed by atoms with van der Waals surface area (Å²) in [5, 5.41) is 0.455. The van der Waals surface area contributed by atoms with Crippen LogP contribution in [0.25, 0.3) is 0 Å². The van der Waals surface area contributed by atoms with E-state index < -0.39 is 0 Å². The van der Waals surface area contributed by atoms with Gasteiger partial charge in [-0.3, -0.25) is 4.79 Å². The van der Waals surface area contributed by atoms with Crippen molar-refractivity contribution in [3.8, 4) is 0 Å². The molecule has 112 valence electrons. The van der Waals surface area contributed by atoms with Gasteiger partial charge in [-0.15, -0.1) is 0 Å². The second-order valence-electron chi connectivity index (χ2n) is 5.55. The summed E-state index contributed by atoms with van der Waals surface area (Å²) in [5.74, 6) is 1.61. The van der Waals surface area contributed by atoms with Crippen LogP contribution in [0.15, 0.2) is 0 Å². The molecule has 4 heteroatoms. The van der Waals surface area contributed by atoms with Crippen LogP contribution in [0, 0.1) is 11.8 Å². The number of halogens is 2. The van der Waals surface area contributed by atoms with Crippen molar-refractivity contribution in [3.63, 3.8) is 0 Å². The average Bonchev–Trinajstić information content (AvgIpc) is 3.14. The van der Waals surface area contributed by atoms with Crippen LogP contribution in [0.2, 0.25) is 0 Å². The van der Waals surface area contributed by atoms with Crippen LogP contribution in [0.4, 0.5) is 0 Å². The highest BCUT2D eigenvalue weighted by atomic mass is 79.9. The zero-order chi connectivity index (χ0) is 14.1. The molecule has 0 amide bonds. The second kappa shape index (κ2) is 10.2. The van der Waals surface area contributed by atoms with E-state index in [1.807, 2.05) is 0 Å². The Balaban J connectivity index is 1.94. The van der Waals surface area contributed by atoms with Crippen molar-refractivity contribution in [2.24, 2.45) is 11.8 Å². The van der Waals surface area contributed by atoms with Gasteiger partial charge in [0.1, 0.15) is 0 Å². The molecule has 1 aliphatic rings. The van der Waals surface area contributed by atoms with Gasteiger partial charge >= 0.3 is 5.97 Å². The molecule has 0 radical (unpaired) electrons. The zero-order valence-corrected chi connectivity index (χ0v) is 15.0. The number of unbranched alkanes of at least 4 members (excludes halogenated alkanes) is 4. The molecule has 1 unspecified atom stereocenters. The number of rotatable bonds is 11.